The van der Waals surface area contributed by atoms with Crippen molar-refractivity contribution < 1.29 is 22.7 Å². The Morgan fingerprint density at radius 3 is 2.59 bits per heavy atom. The number of ether oxygens (including phenoxy) is 1. The minimum absolute atomic E-state index is 0.0216. The molecule has 3 amide bonds. The second-order valence-corrected chi connectivity index (χ2v) is 11.1. The molecule has 0 bridgehead atoms. The Morgan fingerprint density at radius 2 is 1.97 bits per heavy atom. The number of nitrogens with one attached hydrogen (secondary N) is 1. The number of benzene rings is 1. The van der Waals surface area contributed by atoms with Crippen LogP contribution in [0, 0.1) is 5.92 Å². The van der Waals surface area contributed by atoms with Gasteiger partial charge in [-0.25, -0.2) is 13.2 Å². The SMILES string of the molecule is CC(C)(CS(=O)(=O)c1cccc(OCC2CC2)c1)c1ccc(CN2CC(=O)NC2=O)cn1. The maximum absolute atomic E-state index is 13.1. The molecular weight excluding hydrogens is 430 g/mol. The van der Waals surface area contributed by atoms with Gasteiger partial charge in [0.15, 0.2) is 9.84 Å². The minimum Gasteiger partial charge on any atom is -0.493 e. The van der Waals surface area contributed by atoms with E-state index in [0.29, 0.717) is 24.0 Å². The molecule has 2 heterocycles. The molecule has 2 aliphatic rings. The molecule has 32 heavy (non-hydrogen) atoms. The van der Waals surface area contributed by atoms with E-state index in [2.05, 4.69) is 10.3 Å². The molecule has 8 nitrogen and oxygen atoms in total. The first-order valence-corrected chi connectivity index (χ1v) is 12.3. The largest absolute Gasteiger partial charge is 0.493 e. The summed E-state index contributed by atoms with van der Waals surface area (Å²) in [6.07, 6.45) is 3.95. The number of sulfone groups is 1. The van der Waals surface area contributed by atoms with E-state index in [1.807, 2.05) is 13.8 Å². The second-order valence-electron chi connectivity index (χ2n) is 9.13. The van der Waals surface area contributed by atoms with Crippen molar-refractivity contribution >= 4 is 21.8 Å². The van der Waals surface area contributed by atoms with Crippen molar-refractivity contribution in [1.29, 1.82) is 0 Å². The summed E-state index contributed by atoms with van der Waals surface area (Å²) in [5, 5.41) is 2.24. The first-order valence-electron chi connectivity index (χ1n) is 10.6. The van der Waals surface area contributed by atoms with E-state index < -0.39 is 21.3 Å². The van der Waals surface area contributed by atoms with Crippen molar-refractivity contribution in [3.05, 3.63) is 53.9 Å². The van der Waals surface area contributed by atoms with E-state index in [0.717, 1.165) is 5.56 Å². The van der Waals surface area contributed by atoms with Gasteiger partial charge in [0, 0.05) is 23.9 Å². The highest BCUT2D eigenvalue weighted by molar-refractivity contribution is 7.91. The Morgan fingerprint density at radius 1 is 1.19 bits per heavy atom. The van der Waals surface area contributed by atoms with Gasteiger partial charge in [0.1, 0.15) is 12.3 Å². The lowest BCUT2D eigenvalue weighted by atomic mass is 9.91. The van der Waals surface area contributed by atoms with Crippen LogP contribution in [0.2, 0.25) is 0 Å². The molecule has 0 spiro atoms. The number of nitrogens with zero attached hydrogens (tertiary/aromatic N) is 2. The predicted octanol–water partition coefficient (Wildman–Crippen LogP) is 2.67. The fourth-order valence-corrected chi connectivity index (χ4v) is 5.48. The summed E-state index contributed by atoms with van der Waals surface area (Å²) in [6.45, 7) is 4.59. The van der Waals surface area contributed by atoms with Gasteiger partial charge < -0.3 is 9.64 Å². The van der Waals surface area contributed by atoms with Gasteiger partial charge in [-0.15, -0.1) is 0 Å². The van der Waals surface area contributed by atoms with Crippen molar-refractivity contribution in [3.8, 4) is 5.75 Å². The summed E-state index contributed by atoms with van der Waals surface area (Å²) in [5.74, 6) is 0.723. The zero-order valence-corrected chi connectivity index (χ0v) is 19.0. The lowest BCUT2D eigenvalue weighted by Crippen LogP contribution is -2.30. The van der Waals surface area contributed by atoms with Gasteiger partial charge in [0.25, 0.3) is 0 Å². The Bertz CT molecular complexity index is 1120. The van der Waals surface area contributed by atoms with Gasteiger partial charge >= 0.3 is 6.03 Å². The molecule has 0 atom stereocenters. The molecule has 1 aromatic carbocycles. The number of hydrogen-bond donors (Lipinski definition) is 1. The van der Waals surface area contributed by atoms with Crippen molar-refractivity contribution in [2.45, 2.75) is 43.5 Å². The standard InChI is InChI=1S/C23H27N3O5S/c1-23(2,20-9-8-17(11-24-20)12-26-13-21(27)25-22(26)28)15-32(29,30)19-5-3-4-18(10-19)31-14-16-6-7-16/h3-5,8-11,16H,6-7,12-15H2,1-2H3,(H,25,27,28). The Labute approximate surface area is 187 Å². The number of imide groups is 1. The number of carbonyl (C=O) groups excluding carboxylic acids is 2. The summed E-state index contributed by atoms with van der Waals surface area (Å²) in [4.78, 5) is 29.1. The lowest BCUT2D eigenvalue weighted by Gasteiger charge is -2.24. The van der Waals surface area contributed by atoms with Crippen LogP contribution in [0.3, 0.4) is 0 Å². The van der Waals surface area contributed by atoms with E-state index in [1.165, 1.54) is 17.7 Å². The summed E-state index contributed by atoms with van der Waals surface area (Å²) < 4.78 is 32.0. The molecule has 0 unspecified atom stereocenters. The van der Waals surface area contributed by atoms with E-state index in [-0.39, 0.29) is 29.6 Å². The van der Waals surface area contributed by atoms with Crippen LogP contribution in [0.1, 0.15) is 37.9 Å². The Balaban J connectivity index is 1.44. The third-order valence-corrected chi connectivity index (χ3v) is 7.73. The molecule has 2 fully saturated rings. The molecule has 1 saturated carbocycles. The van der Waals surface area contributed by atoms with Gasteiger partial charge in [0.2, 0.25) is 5.91 Å². The number of amides is 3. The predicted molar refractivity (Wildman–Crippen MR) is 118 cm³/mol. The Hall–Kier alpha value is -2.94. The number of urea groups is 1. The molecule has 1 N–H and O–H groups in total. The number of aromatic nitrogens is 1. The third-order valence-electron chi connectivity index (χ3n) is 5.66. The van der Waals surface area contributed by atoms with E-state index in [9.17, 15) is 18.0 Å². The van der Waals surface area contributed by atoms with Crippen molar-refractivity contribution in [1.82, 2.24) is 15.2 Å². The van der Waals surface area contributed by atoms with Crippen molar-refractivity contribution in [2.75, 3.05) is 18.9 Å². The maximum atomic E-state index is 13.1. The van der Waals surface area contributed by atoms with Gasteiger partial charge in [-0.2, -0.15) is 0 Å². The molecule has 170 valence electrons. The highest BCUT2D eigenvalue weighted by Gasteiger charge is 2.31. The van der Waals surface area contributed by atoms with Crippen LogP contribution in [0.25, 0.3) is 0 Å². The molecule has 1 aliphatic carbocycles. The van der Waals surface area contributed by atoms with Crippen LogP contribution >= 0.6 is 0 Å². The Kier molecular flexibility index (Phi) is 5.94. The van der Waals surface area contributed by atoms with Gasteiger partial charge in [0.05, 0.1) is 17.3 Å². The molecule has 4 rings (SSSR count). The zero-order valence-electron chi connectivity index (χ0n) is 18.2. The fraction of sp³-hybridized carbons (Fsp3) is 0.435. The van der Waals surface area contributed by atoms with E-state index >= 15 is 0 Å². The number of carbonyl (C=O) groups is 2. The quantitative estimate of drug-likeness (QED) is 0.581. The number of hydrogen-bond acceptors (Lipinski definition) is 6. The monoisotopic (exact) mass is 457 g/mol. The van der Waals surface area contributed by atoms with Crippen LogP contribution in [0.15, 0.2) is 47.5 Å². The molecule has 2 aromatic rings. The fourth-order valence-electron chi connectivity index (χ4n) is 3.64. The highest BCUT2D eigenvalue weighted by atomic mass is 32.2. The highest BCUT2D eigenvalue weighted by Crippen LogP contribution is 2.31. The van der Waals surface area contributed by atoms with Crippen molar-refractivity contribution in [2.24, 2.45) is 5.92 Å². The smallest absolute Gasteiger partial charge is 0.324 e. The van der Waals surface area contributed by atoms with Crippen LogP contribution in [0.4, 0.5) is 4.79 Å². The van der Waals surface area contributed by atoms with Crippen LogP contribution in [-0.2, 0) is 26.6 Å². The zero-order chi connectivity index (χ0) is 22.9. The molecule has 0 radical (unpaired) electrons. The molecule has 1 aromatic heterocycles. The topological polar surface area (TPSA) is 106 Å². The van der Waals surface area contributed by atoms with E-state index in [1.54, 1.807) is 42.6 Å². The molecular formula is C23H27N3O5S. The molecule has 1 aliphatic heterocycles. The average molecular weight is 458 g/mol. The molecule has 9 heteroatoms. The van der Waals surface area contributed by atoms with Gasteiger partial charge in [-0.3, -0.25) is 15.1 Å². The summed E-state index contributed by atoms with van der Waals surface area (Å²) in [7, 11) is -3.57. The van der Waals surface area contributed by atoms with Crippen LogP contribution in [0.5, 0.6) is 5.75 Å². The lowest BCUT2D eigenvalue weighted by molar-refractivity contribution is -0.118. The minimum atomic E-state index is -3.57. The van der Waals surface area contributed by atoms with Gasteiger partial charge in [-0.05, 0) is 48.6 Å². The number of pyridine rings is 1. The first kappa shape index (κ1) is 22.3. The summed E-state index contributed by atoms with van der Waals surface area (Å²) >= 11 is 0. The van der Waals surface area contributed by atoms with Crippen molar-refractivity contribution in [3.63, 3.8) is 0 Å². The van der Waals surface area contributed by atoms with Crippen LogP contribution < -0.4 is 10.1 Å². The second kappa shape index (κ2) is 8.54. The first-order chi connectivity index (χ1) is 15.1. The van der Waals surface area contributed by atoms with Gasteiger partial charge in [-0.1, -0.05) is 26.0 Å². The summed E-state index contributed by atoms with van der Waals surface area (Å²) in [6, 6.07) is 9.82. The van der Waals surface area contributed by atoms with E-state index in [4.69, 9.17) is 4.74 Å². The average Bonchev–Trinajstić information content (AvgIpc) is 3.51. The number of rotatable bonds is 9. The summed E-state index contributed by atoms with van der Waals surface area (Å²) in [5.41, 5.74) is 0.661. The normalized spacial score (nSPS) is 16.9. The maximum Gasteiger partial charge on any atom is 0.324 e. The molecule has 1 saturated heterocycles. The van der Waals surface area contributed by atoms with Crippen LogP contribution in [-0.4, -0.2) is 49.1 Å². The third kappa shape index (κ3) is 5.27.